The van der Waals surface area contributed by atoms with Gasteiger partial charge in [-0.2, -0.15) is 13.2 Å². The van der Waals surface area contributed by atoms with Crippen molar-refractivity contribution in [3.05, 3.63) is 29.8 Å². The Balaban J connectivity index is 2.32. The maximum atomic E-state index is 11.8. The van der Waals surface area contributed by atoms with Crippen molar-refractivity contribution in [2.45, 2.75) is 19.0 Å². The molecule has 1 aromatic rings. The van der Waals surface area contributed by atoms with E-state index in [1.807, 2.05) is 0 Å². The van der Waals surface area contributed by atoms with Crippen molar-refractivity contribution in [2.75, 3.05) is 12.3 Å². The van der Waals surface area contributed by atoms with Crippen LogP contribution in [-0.4, -0.2) is 18.8 Å². The number of rotatable bonds is 4. The van der Waals surface area contributed by atoms with Crippen LogP contribution >= 0.6 is 0 Å². The molecular formula is C11H12F3NO2. The topological polar surface area (TPSA) is 52.3 Å². The van der Waals surface area contributed by atoms with Crippen molar-refractivity contribution in [3.8, 4) is 0 Å². The molecule has 0 saturated carbocycles. The zero-order valence-electron chi connectivity index (χ0n) is 8.96. The van der Waals surface area contributed by atoms with Gasteiger partial charge in [-0.15, -0.1) is 0 Å². The molecule has 0 bridgehead atoms. The first kappa shape index (κ1) is 13.3. The van der Waals surface area contributed by atoms with Gasteiger partial charge in [-0.1, -0.05) is 12.1 Å². The number of anilines is 1. The van der Waals surface area contributed by atoms with Crippen molar-refractivity contribution < 1.29 is 22.7 Å². The second kappa shape index (κ2) is 5.56. The fraction of sp³-hybridized carbons (Fsp3) is 0.364. The quantitative estimate of drug-likeness (QED) is 0.656. The number of carbonyl (C=O) groups excluding carboxylic acids is 1. The number of benzene rings is 1. The lowest BCUT2D eigenvalue weighted by Crippen LogP contribution is -2.15. The molecule has 0 atom stereocenters. The second-order valence-electron chi connectivity index (χ2n) is 3.50. The highest BCUT2D eigenvalue weighted by molar-refractivity contribution is 5.72. The third-order valence-corrected chi connectivity index (χ3v) is 1.98. The molecule has 0 spiro atoms. The number of hydrogen-bond acceptors (Lipinski definition) is 3. The highest BCUT2D eigenvalue weighted by Gasteiger charge is 2.27. The minimum absolute atomic E-state index is 0.0574. The van der Waals surface area contributed by atoms with Crippen molar-refractivity contribution >= 4 is 11.7 Å². The van der Waals surface area contributed by atoms with Gasteiger partial charge in [0.1, 0.15) is 0 Å². The summed E-state index contributed by atoms with van der Waals surface area (Å²) in [6.45, 7) is -0.642. The number of alkyl halides is 3. The van der Waals surface area contributed by atoms with Gasteiger partial charge < -0.3 is 10.5 Å². The molecule has 94 valence electrons. The van der Waals surface area contributed by atoms with E-state index in [2.05, 4.69) is 4.74 Å². The largest absolute Gasteiger partial charge is 0.465 e. The van der Waals surface area contributed by atoms with Crippen LogP contribution in [0, 0.1) is 0 Å². The van der Waals surface area contributed by atoms with Gasteiger partial charge in [0, 0.05) is 5.69 Å². The average molecular weight is 247 g/mol. The van der Waals surface area contributed by atoms with Crippen LogP contribution in [0.1, 0.15) is 12.0 Å². The summed E-state index contributed by atoms with van der Waals surface area (Å²) >= 11 is 0. The van der Waals surface area contributed by atoms with Crippen molar-refractivity contribution in [1.29, 1.82) is 0 Å². The lowest BCUT2D eigenvalue weighted by atomic mass is 10.1. The Bertz CT molecular complexity index is 373. The van der Waals surface area contributed by atoms with Gasteiger partial charge in [-0.3, -0.25) is 4.79 Å². The second-order valence-corrected chi connectivity index (χ2v) is 3.50. The summed E-state index contributed by atoms with van der Waals surface area (Å²) in [7, 11) is 0. The Morgan fingerprint density at radius 2 is 1.82 bits per heavy atom. The fourth-order valence-electron chi connectivity index (χ4n) is 1.13. The minimum Gasteiger partial charge on any atom is -0.465 e. The van der Waals surface area contributed by atoms with Crippen LogP contribution in [0.3, 0.4) is 0 Å². The van der Waals surface area contributed by atoms with Gasteiger partial charge in [0.15, 0.2) is 0 Å². The lowest BCUT2D eigenvalue weighted by Gasteiger charge is -2.07. The molecular weight excluding hydrogens is 235 g/mol. The van der Waals surface area contributed by atoms with E-state index >= 15 is 0 Å². The molecule has 0 aliphatic heterocycles. The van der Waals surface area contributed by atoms with E-state index in [0.717, 1.165) is 0 Å². The number of nitrogen functional groups attached to an aromatic ring is 1. The SMILES string of the molecule is Nc1ccc(CC(=O)OCCC(F)(F)F)cc1. The van der Waals surface area contributed by atoms with E-state index in [4.69, 9.17) is 5.73 Å². The van der Waals surface area contributed by atoms with Crippen LogP contribution in [0.5, 0.6) is 0 Å². The van der Waals surface area contributed by atoms with Gasteiger partial charge in [-0.25, -0.2) is 0 Å². The summed E-state index contributed by atoms with van der Waals surface area (Å²) in [5.74, 6) is -0.681. The third kappa shape index (κ3) is 5.79. The Hall–Kier alpha value is -1.72. The highest BCUT2D eigenvalue weighted by Crippen LogP contribution is 2.19. The van der Waals surface area contributed by atoms with Gasteiger partial charge >= 0.3 is 12.1 Å². The summed E-state index contributed by atoms with van der Waals surface area (Å²) < 4.78 is 39.8. The number of esters is 1. The molecule has 1 aromatic carbocycles. The number of halogens is 3. The predicted octanol–water partition coefficient (Wildman–Crippen LogP) is 2.31. The lowest BCUT2D eigenvalue weighted by molar-refractivity contribution is -0.158. The summed E-state index contributed by atoms with van der Waals surface area (Å²) in [5, 5.41) is 0. The number of nitrogens with two attached hydrogens (primary N) is 1. The number of hydrogen-bond donors (Lipinski definition) is 1. The van der Waals surface area contributed by atoms with E-state index in [-0.39, 0.29) is 6.42 Å². The highest BCUT2D eigenvalue weighted by atomic mass is 19.4. The van der Waals surface area contributed by atoms with E-state index in [9.17, 15) is 18.0 Å². The van der Waals surface area contributed by atoms with Crippen molar-refractivity contribution in [2.24, 2.45) is 0 Å². The zero-order valence-corrected chi connectivity index (χ0v) is 8.96. The summed E-state index contributed by atoms with van der Waals surface area (Å²) in [6, 6.07) is 6.47. The average Bonchev–Trinajstić information content (AvgIpc) is 2.19. The number of ether oxygens (including phenoxy) is 1. The molecule has 0 aromatic heterocycles. The standard InChI is InChI=1S/C11H12F3NO2/c12-11(13,14)5-6-17-10(16)7-8-1-3-9(15)4-2-8/h1-4H,5-7,15H2. The fourth-order valence-corrected chi connectivity index (χ4v) is 1.13. The predicted molar refractivity (Wildman–Crippen MR) is 56.2 cm³/mol. The molecule has 0 aliphatic rings. The van der Waals surface area contributed by atoms with Crippen LogP contribution < -0.4 is 5.73 Å². The van der Waals surface area contributed by atoms with Gasteiger partial charge in [0.05, 0.1) is 19.4 Å². The summed E-state index contributed by atoms with van der Waals surface area (Å²) in [5.41, 5.74) is 6.65. The van der Waals surface area contributed by atoms with Crippen LogP contribution in [-0.2, 0) is 16.0 Å². The monoisotopic (exact) mass is 247 g/mol. The molecule has 0 amide bonds. The smallest absolute Gasteiger partial charge is 0.392 e. The van der Waals surface area contributed by atoms with Crippen molar-refractivity contribution in [1.82, 2.24) is 0 Å². The molecule has 6 heteroatoms. The molecule has 0 heterocycles. The van der Waals surface area contributed by atoms with Crippen LogP contribution in [0.25, 0.3) is 0 Å². The van der Waals surface area contributed by atoms with E-state index < -0.39 is 25.2 Å². The first-order chi connectivity index (χ1) is 7.87. The van der Waals surface area contributed by atoms with Gasteiger partial charge in [0.2, 0.25) is 0 Å². The zero-order chi connectivity index (χ0) is 12.9. The molecule has 0 radical (unpaired) electrons. The maximum absolute atomic E-state index is 11.8. The van der Waals surface area contributed by atoms with E-state index in [0.29, 0.717) is 11.3 Å². The Morgan fingerprint density at radius 1 is 1.24 bits per heavy atom. The Morgan fingerprint density at radius 3 is 2.35 bits per heavy atom. The normalized spacial score (nSPS) is 11.2. The molecule has 0 saturated heterocycles. The van der Waals surface area contributed by atoms with Crippen LogP contribution in [0.4, 0.5) is 18.9 Å². The maximum Gasteiger partial charge on any atom is 0.392 e. The van der Waals surface area contributed by atoms with Crippen LogP contribution in [0.15, 0.2) is 24.3 Å². The minimum atomic E-state index is -4.30. The van der Waals surface area contributed by atoms with Gasteiger partial charge in [-0.05, 0) is 17.7 Å². The van der Waals surface area contributed by atoms with Crippen LogP contribution in [0.2, 0.25) is 0 Å². The summed E-state index contributed by atoms with van der Waals surface area (Å²) in [6.07, 6.45) is -5.49. The van der Waals surface area contributed by atoms with E-state index in [1.54, 1.807) is 24.3 Å². The first-order valence-electron chi connectivity index (χ1n) is 4.93. The molecule has 1 rings (SSSR count). The molecule has 0 unspecified atom stereocenters. The Kier molecular flexibility index (Phi) is 4.37. The molecule has 0 aliphatic carbocycles. The number of carbonyl (C=O) groups is 1. The molecule has 2 N–H and O–H groups in total. The van der Waals surface area contributed by atoms with Crippen molar-refractivity contribution in [3.63, 3.8) is 0 Å². The van der Waals surface area contributed by atoms with Gasteiger partial charge in [0.25, 0.3) is 0 Å². The Labute approximate surface area is 96.4 Å². The third-order valence-electron chi connectivity index (χ3n) is 1.98. The van der Waals surface area contributed by atoms with E-state index in [1.165, 1.54) is 0 Å². The molecule has 0 fully saturated rings. The first-order valence-corrected chi connectivity index (χ1v) is 4.93. The molecule has 3 nitrogen and oxygen atoms in total. The molecule has 17 heavy (non-hydrogen) atoms. The summed E-state index contributed by atoms with van der Waals surface area (Å²) in [4.78, 5) is 11.2.